The van der Waals surface area contributed by atoms with Crippen LogP contribution in [0.1, 0.15) is 38.8 Å². The molecule has 0 radical (unpaired) electrons. The number of aromatic nitrogens is 2. The van der Waals surface area contributed by atoms with E-state index in [-0.39, 0.29) is 17.5 Å². The number of fused-ring (bicyclic) bond motifs is 1. The van der Waals surface area contributed by atoms with E-state index in [1.165, 1.54) is 11.8 Å². The first-order chi connectivity index (χ1) is 14.0. The lowest BCUT2D eigenvalue weighted by Crippen LogP contribution is -2.28. The summed E-state index contributed by atoms with van der Waals surface area (Å²) in [4.78, 5) is 30.4. The molecule has 0 saturated heterocycles. The molecule has 3 aromatic rings. The predicted octanol–water partition coefficient (Wildman–Crippen LogP) is 4.36. The molecule has 0 fully saturated rings. The molecule has 0 aliphatic heterocycles. The van der Waals surface area contributed by atoms with Crippen LogP contribution in [-0.2, 0) is 4.79 Å². The van der Waals surface area contributed by atoms with Gasteiger partial charge >= 0.3 is 0 Å². The summed E-state index contributed by atoms with van der Waals surface area (Å²) in [6.07, 6.45) is 0.767. The molecule has 1 heterocycles. The number of carbonyl (C=O) groups excluding carboxylic acids is 1. The van der Waals surface area contributed by atoms with Gasteiger partial charge in [0.15, 0.2) is 5.16 Å². The Morgan fingerprint density at radius 2 is 1.90 bits per heavy atom. The van der Waals surface area contributed by atoms with E-state index < -0.39 is 5.25 Å². The zero-order chi connectivity index (χ0) is 21.0. The fraction of sp³-hybridized carbons (Fsp3) is 0.273. The molecule has 0 aliphatic carbocycles. The predicted molar refractivity (Wildman–Crippen MR) is 116 cm³/mol. The molecule has 1 aromatic heterocycles. The summed E-state index contributed by atoms with van der Waals surface area (Å²) in [5.41, 5.74) is 1.38. The van der Waals surface area contributed by atoms with Crippen LogP contribution in [0.5, 0.6) is 0 Å². The number of benzene rings is 2. The number of rotatable bonds is 6. The summed E-state index contributed by atoms with van der Waals surface area (Å²) in [6.45, 7) is 5.74. The smallest absolute Gasteiger partial charge is 0.262 e. The van der Waals surface area contributed by atoms with Gasteiger partial charge in [-0.2, -0.15) is 5.26 Å². The van der Waals surface area contributed by atoms with E-state index in [0.717, 1.165) is 6.42 Å². The Morgan fingerprint density at radius 3 is 2.62 bits per heavy atom. The van der Waals surface area contributed by atoms with Gasteiger partial charge in [0.1, 0.15) is 6.07 Å². The molecule has 3 rings (SSSR count). The number of hydrogen-bond acceptors (Lipinski definition) is 5. The Bertz CT molecular complexity index is 1150. The Labute approximate surface area is 173 Å². The van der Waals surface area contributed by atoms with Gasteiger partial charge in [-0.05, 0) is 44.5 Å². The van der Waals surface area contributed by atoms with Crippen LogP contribution in [0.3, 0.4) is 0 Å². The highest BCUT2D eigenvalue weighted by Gasteiger charge is 2.22. The molecule has 7 heteroatoms. The largest absolute Gasteiger partial charge is 0.324 e. The maximum absolute atomic E-state index is 13.0. The number of nitrogens with zero attached hydrogens (tertiary/aromatic N) is 3. The van der Waals surface area contributed by atoms with E-state index in [0.29, 0.717) is 27.3 Å². The van der Waals surface area contributed by atoms with Crippen LogP contribution in [0.2, 0.25) is 0 Å². The van der Waals surface area contributed by atoms with Crippen LogP contribution < -0.4 is 10.9 Å². The van der Waals surface area contributed by atoms with E-state index in [4.69, 9.17) is 0 Å². The van der Waals surface area contributed by atoms with Crippen molar-refractivity contribution < 1.29 is 4.79 Å². The van der Waals surface area contributed by atoms with Crippen LogP contribution in [0.25, 0.3) is 10.9 Å². The summed E-state index contributed by atoms with van der Waals surface area (Å²) in [7, 11) is 0. The molecule has 1 N–H and O–H groups in total. The van der Waals surface area contributed by atoms with E-state index in [2.05, 4.69) is 16.4 Å². The van der Waals surface area contributed by atoms with Crippen molar-refractivity contribution in [3.63, 3.8) is 0 Å². The number of nitrogens with one attached hydrogen (secondary N) is 1. The number of hydrogen-bond donors (Lipinski definition) is 1. The van der Waals surface area contributed by atoms with Crippen molar-refractivity contribution in [1.82, 2.24) is 9.55 Å². The Balaban J connectivity index is 1.93. The summed E-state index contributed by atoms with van der Waals surface area (Å²) >= 11 is 1.24. The fourth-order valence-electron chi connectivity index (χ4n) is 2.92. The number of nitriles is 1. The highest BCUT2D eigenvalue weighted by Crippen LogP contribution is 2.27. The van der Waals surface area contributed by atoms with Crippen molar-refractivity contribution in [2.75, 3.05) is 5.32 Å². The van der Waals surface area contributed by atoms with Crippen LogP contribution in [0, 0.1) is 11.3 Å². The van der Waals surface area contributed by atoms with Gasteiger partial charge in [-0.3, -0.25) is 14.2 Å². The van der Waals surface area contributed by atoms with Crippen LogP contribution >= 0.6 is 11.8 Å². The maximum Gasteiger partial charge on any atom is 0.262 e. The van der Waals surface area contributed by atoms with Crippen molar-refractivity contribution in [2.24, 2.45) is 0 Å². The molecule has 0 aliphatic rings. The van der Waals surface area contributed by atoms with Crippen molar-refractivity contribution in [3.05, 3.63) is 64.4 Å². The van der Waals surface area contributed by atoms with Crippen molar-refractivity contribution in [2.45, 2.75) is 43.6 Å². The van der Waals surface area contributed by atoms with Gasteiger partial charge in [-0.1, -0.05) is 43.0 Å². The van der Waals surface area contributed by atoms with Crippen LogP contribution in [0.15, 0.2) is 58.5 Å². The lowest BCUT2D eigenvalue weighted by molar-refractivity contribution is -0.115. The first kappa shape index (κ1) is 20.6. The third-order valence-electron chi connectivity index (χ3n) is 4.76. The minimum Gasteiger partial charge on any atom is -0.324 e. The van der Waals surface area contributed by atoms with Crippen molar-refractivity contribution >= 4 is 34.3 Å². The average Bonchev–Trinajstić information content (AvgIpc) is 2.73. The quantitative estimate of drug-likeness (QED) is 0.485. The lowest BCUT2D eigenvalue weighted by Gasteiger charge is -2.20. The first-order valence-electron chi connectivity index (χ1n) is 9.44. The molecule has 1 amide bonds. The Hall–Kier alpha value is -3.11. The van der Waals surface area contributed by atoms with Crippen LogP contribution in [0.4, 0.5) is 5.69 Å². The number of para-hydroxylation sites is 2. The molecule has 148 valence electrons. The zero-order valence-electron chi connectivity index (χ0n) is 16.5. The number of thioether (sulfide) groups is 1. The zero-order valence-corrected chi connectivity index (χ0v) is 17.4. The van der Waals surface area contributed by atoms with Gasteiger partial charge in [0.05, 0.1) is 27.4 Å². The van der Waals surface area contributed by atoms with E-state index in [9.17, 15) is 14.9 Å². The molecule has 2 aromatic carbocycles. The molecule has 0 bridgehead atoms. The van der Waals surface area contributed by atoms with Gasteiger partial charge in [0.25, 0.3) is 5.56 Å². The first-order valence-corrected chi connectivity index (χ1v) is 10.3. The van der Waals surface area contributed by atoms with E-state index >= 15 is 0 Å². The Morgan fingerprint density at radius 1 is 1.21 bits per heavy atom. The average molecular weight is 407 g/mol. The normalized spacial score (nSPS) is 12.9. The van der Waals surface area contributed by atoms with Gasteiger partial charge in [-0.15, -0.1) is 0 Å². The second kappa shape index (κ2) is 8.93. The van der Waals surface area contributed by atoms with Gasteiger partial charge in [0.2, 0.25) is 5.91 Å². The van der Waals surface area contributed by atoms with Gasteiger partial charge in [-0.25, -0.2) is 4.98 Å². The fourth-order valence-corrected chi connectivity index (χ4v) is 3.93. The number of amides is 1. The molecule has 2 atom stereocenters. The standard InChI is InChI=1S/C22H22N4O2S/c1-4-14(2)26-21(28)17-10-6-8-12-19(17)25-22(26)29-15(3)20(27)24-18-11-7-5-9-16(18)13-23/h5-12,14-15H,4H2,1-3H3,(H,24,27)/t14-,15-/m0/s1. The monoisotopic (exact) mass is 406 g/mol. The van der Waals surface area contributed by atoms with E-state index in [1.807, 2.05) is 26.0 Å². The highest BCUT2D eigenvalue weighted by molar-refractivity contribution is 8.00. The second-order valence-electron chi connectivity index (χ2n) is 6.75. The van der Waals surface area contributed by atoms with Gasteiger partial charge in [0, 0.05) is 6.04 Å². The molecular weight excluding hydrogens is 384 g/mol. The molecule has 0 unspecified atom stereocenters. The molecular formula is C22H22N4O2S. The molecule has 0 spiro atoms. The minimum atomic E-state index is -0.509. The maximum atomic E-state index is 13.0. The summed E-state index contributed by atoms with van der Waals surface area (Å²) < 4.78 is 1.67. The minimum absolute atomic E-state index is 0.0447. The number of anilines is 1. The lowest BCUT2D eigenvalue weighted by atomic mass is 10.2. The van der Waals surface area contributed by atoms with Crippen molar-refractivity contribution in [3.8, 4) is 6.07 Å². The van der Waals surface area contributed by atoms with Gasteiger partial charge < -0.3 is 5.32 Å². The third kappa shape index (κ3) is 4.33. The van der Waals surface area contributed by atoms with Crippen molar-refractivity contribution in [1.29, 1.82) is 5.26 Å². The summed E-state index contributed by atoms with van der Waals surface area (Å²) in [5.74, 6) is -0.254. The summed E-state index contributed by atoms with van der Waals surface area (Å²) in [6, 6.07) is 16.1. The third-order valence-corrected chi connectivity index (χ3v) is 5.83. The topological polar surface area (TPSA) is 87.8 Å². The molecule has 6 nitrogen and oxygen atoms in total. The SMILES string of the molecule is CC[C@H](C)n1c(S[C@@H](C)C(=O)Nc2ccccc2C#N)nc2ccccc2c1=O. The second-order valence-corrected chi connectivity index (χ2v) is 8.06. The summed E-state index contributed by atoms with van der Waals surface area (Å²) in [5, 5.41) is 12.6. The Kier molecular flexibility index (Phi) is 6.35. The number of carbonyl (C=O) groups is 1. The van der Waals surface area contributed by atoms with E-state index in [1.54, 1.807) is 47.9 Å². The highest BCUT2D eigenvalue weighted by atomic mass is 32.2. The molecule has 0 saturated carbocycles. The molecule has 29 heavy (non-hydrogen) atoms. The van der Waals surface area contributed by atoms with Crippen LogP contribution in [-0.4, -0.2) is 20.7 Å².